The summed E-state index contributed by atoms with van der Waals surface area (Å²) in [7, 11) is 0. The quantitative estimate of drug-likeness (QED) is 0.886. The zero-order chi connectivity index (χ0) is 13.0. The molecule has 1 aliphatic rings. The predicted octanol–water partition coefficient (Wildman–Crippen LogP) is 2.06. The van der Waals surface area contributed by atoms with Crippen molar-refractivity contribution in [2.75, 3.05) is 32.8 Å². The Kier molecular flexibility index (Phi) is 4.75. The third-order valence-corrected chi connectivity index (χ3v) is 3.61. The molecule has 0 unspecified atom stereocenters. The monoisotopic (exact) mass is 249 g/mol. The molecule has 1 aromatic carbocycles. The highest BCUT2D eigenvalue weighted by Crippen LogP contribution is 2.22. The molecule has 3 nitrogen and oxygen atoms in total. The molecule has 1 atom stereocenters. The van der Waals surface area contributed by atoms with Crippen LogP contribution in [0, 0.1) is 13.8 Å². The second-order valence-corrected chi connectivity index (χ2v) is 5.12. The Morgan fingerprint density at radius 3 is 2.67 bits per heavy atom. The van der Waals surface area contributed by atoms with Crippen molar-refractivity contribution in [3.05, 3.63) is 34.9 Å². The number of aryl methyl sites for hydroxylation is 2. The van der Waals surface area contributed by atoms with Crippen molar-refractivity contribution in [1.29, 1.82) is 0 Å². The lowest BCUT2D eigenvalue weighted by Crippen LogP contribution is -2.37. The third-order valence-electron chi connectivity index (χ3n) is 3.61. The van der Waals surface area contributed by atoms with Gasteiger partial charge in [0.15, 0.2) is 0 Å². The molecule has 1 fully saturated rings. The van der Waals surface area contributed by atoms with E-state index >= 15 is 0 Å². The number of ether oxygens (including phenoxy) is 1. The smallest absolute Gasteiger partial charge is 0.0804 e. The van der Waals surface area contributed by atoms with Gasteiger partial charge in [0.25, 0.3) is 0 Å². The predicted molar refractivity (Wildman–Crippen MR) is 72.8 cm³/mol. The van der Waals surface area contributed by atoms with Gasteiger partial charge in [0.05, 0.1) is 19.3 Å². The van der Waals surface area contributed by atoms with Crippen LogP contribution >= 0.6 is 0 Å². The van der Waals surface area contributed by atoms with Crippen molar-refractivity contribution in [3.8, 4) is 0 Å². The van der Waals surface area contributed by atoms with Gasteiger partial charge in [0, 0.05) is 19.6 Å². The minimum atomic E-state index is -0.353. The first kappa shape index (κ1) is 13.5. The largest absolute Gasteiger partial charge is 0.388 e. The maximum atomic E-state index is 10.3. The van der Waals surface area contributed by atoms with E-state index in [0.29, 0.717) is 0 Å². The molecule has 3 heteroatoms. The summed E-state index contributed by atoms with van der Waals surface area (Å²) in [5.74, 6) is 0. The van der Waals surface area contributed by atoms with E-state index in [1.807, 2.05) is 0 Å². The first-order valence-corrected chi connectivity index (χ1v) is 6.72. The number of morpholine rings is 1. The van der Waals surface area contributed by atoms with E-state index < -0.39 is 0 Å². The highest BCUT2D eigenvalue weighted by molar-refractivity contribution is 5.31. The van der Waals surface area contributed by atoms with Gasteiger partial charge in [-0.25, -0.2) is 0 Å². The van der Waals surface area contributed by atoms with Crippen LogP contribution in [0.5, 0.6) is 0 Å². The van der Waals surface area contributed by atoms with Crippen LogP contribution in [-0.4, -0.2) is 42.9 Å². The second kappa shape index (κ2) is 6.32. The number of benzene rings is 1. The Labute approximate surface area is 109 Å². The van der Waals surface area contributed by atoms with Crippen LogP contribution < -0.4 is 0 Å². The van der Waals surface area contributed by atoms with Gasteiger partial charge in [-0.1, -0.05) is 23.8 Å². The van der Waals surface area contributed by atoms with Crippen molar-refractivity contribution in [1.82, 2.24) is 4.90 Å². The number of nitrogens with zero attached hydrogens (tertiary/aromatic N) is 1. The molecule has 1 heterocycles. The van der Waals surface area contributed by atoms with Crippen LogP contribution in [0.3, 0.4) is 0 Å². The minimum Gasteiger partial charge on any atom is -0.388 e. The molecule has 0 radical (unpaired) electrons. The summed E-state index contributed by atoms with van der Waals surface area (Å²) >= 11 is 0. The van der Waals surface area contributed by atoms with E-state index in [1.54, 1.807) is 0 Å². The summed E-state index contributed by atoms with van der Waals surface area (Å²) in [5.41, 5.74) is 3.50. The summed E-state index contributed by atoms with van der Waals surface area (Å²) in [6.07, 6.45) is 0.442. The SMILES string of the molecule is Cc1ccc([C@H](O)CCN2CCOCC2)c(C)c1. The summed E-state index contributed by atoms with van der Waals surface area (Å²) in [4.78, 5) is 2.36. The lowest BCUT2D eigenvalue weighted by molar-refractivity contribution is 0.0300. The standard InChI is InChI=1S/C15H23NO2/c1-12-3-4-14(13(2)11-12)15(17)5-6-16-7-9-18-10-8-16/h3-4,11,15,17H,5-10H2,1-2H3/t15-/m1/s1. The molecule has 1 N–H and O–H groups in total. The van der Waals surface area contributed by atoms with Crippen LogP contribution in [0.25, 0.3) is 0 Å². The molecule has 1 aliphatic heterocycles. The van der Waals surface area contributed by atoms with Gasteiger partial charge < -0.3 is 9.84 Å². The number of rotatable bonds is 4. The van der Waals surface area contributed by atoms with Gasteiger partial charge in [-0.05, 0) is 31.4 Å². The molecule has 100 valence electrons. The van der Waals surface area contributed by atoms with Crippen molar-refractivity contribution in [2.45, 2.75) is 26.4 Å². The van der Waals surface area contributed by atoms with E-state index in [2.05, 4.69) is 36.9 Å². The first-order valence-electron chi connectivity index (χ1n) is 6.72. The molecule has 1 aromatic rings. The Hall–Kier alpha value is -0.900. The third kappa shape index (κ3) is 3.55. The van der Waals surface area contributed by atoms with Gasteiger partial charge in [0.1, 0.15) is 0 Å². The average Bonchev–Trinajstić information content (AvgIpc) is 2.37. The summed E-state index contributed by atoms with van der Waals surface area (Å²) in [6, 6.07) is 6.25. The van der Waals surface area contributed by atoms with Crippen LogP contribution in [0.15, 0.2) is 18.2 Å². The van der Waals surface area contributed by atoms with Gasteiger partial charge >= 0.3 is 0 Å². The molecule has 18 heavy (non-hydrogen) atoms. The van der Waals surface area contributed by atoms with E-state index in [4.69, 9.17) is 4.74 Å². The van der Waals surface area contributed by atoms with Crippen LogP contribution in [0.2, 0.25) is 0 Å². The summed E-state index contributed by atoms with van der Waals surface area (Å²) < 4.78 is 5.32. The summed E-state index contributed by atoms with van der Waals surface area (Å²) in [5, 5.41) is 10.3. The molecule has 0 spiro atoms. The lowest BCUT2D eigenvalue weighted by Gasteiger charge is -2.27. The Bertz CT molecular complexity index is 386. The van der Waals surface area contributed by atoms with Gasteiger partial charge in [0.2, 0.25) is 0 Å². The molecule has 0 aromatic heterocycles. The molecular formula is C15H23NO2. The molecular weight excluding hydrogens is 226 g/mol. The van der Waals surface area contributed by atoms with Crippen molar-refractivity contribution in [3.63, 3.8) is 0 Å². The van der Waals surface area contributed by atoms with Crippen molar-refractivity contribution < 1.29 is 9.84 Å². The van der Waals surface area contributed by atoms with E-state index in [9.17, 15) is 5.11 Å². The average molecular weight is 249 g/mol. The molecule has 0 bridgehead atoms. The number of hydrogen-bond acceptors (Lipinski definition) is 3. The highest BCUT2D eigenvalue weighted by Gasteiger charge is 2.14. The van der Waals surface area contributed by atoms with E-state index in [0.717, 1.165) is 44.8 Å². The van der Waals surface area contributed by atoms with Crippen LogP contribution in [-0.2, 0) is 4.74 Å². The molecule has 0 saturated carbocycles. The fourth-order valence-corrected chi connectivity index (χ4v) is 2.48. The Morgan fingerprint density at radius 1 is 1.28 bits per heavy atom. The normalized spacial score (nSPS) is 18.8. The maximum Gasteiger partial charge on any atom is 0.0804 e. The topological polar surface area (TPSA) is 32.7 Å². The molecule has 0 aliphatic carbocycles. The highest BCUT2D eigenvalue weighted by atomic mass is 16.5. The van der Waals surface area contributed by atoms with Crippen molar-refractivity contribution in [2.24, 2.45) is 0 Å². The number of hydrogen-bond donors (Lipinski definition) is 1. The Morgan fingerprint density at radius 2 is 2.00 bits per heavy atom. The van der Waals surface area contributed by atoms with Gasteiger partial charge in [-0.15, -0.1) is 0 Å². The number of aliphatic hydroxyl groups excluding tert-OH is 1. The lowest BCUT2D eigenvalue weighted by atomic mass is 9.99. The molecule has 1 saturated heterocycles. The van der Waals surface area contributed by atoms with Gasteiger partial charge in [-0.2, -0.15) is 0 Å². The van der Waals surface area contributed by atoms with Crippen molar-refractivity contribution >= 4 is 0 Å². The second-order valence-electron chi connectivity index (χ2n) is 5.12. The number of aliphatic hydroxyl groups is 1. The van der Waals surface area contributed by atoms with E-state index in [1.165, 1.54) is 11.1 Å². The van der Waals surface area contributed by atoms with Gasteiger partial charge in [-0.3, -0.25) is 4.90 Å². The fourth-order valence-electron chi connectivity index (χ4n) is 2.48. The minimum absolute atomic E-state index is 0.353. The van der Waals surface area contributed by atoms with E-state index in [-0.39, 0.29) is 6.10 Å². The molecule has 0 amide bonds. The summed E-state index contributed by atoms with van der Waals surface area (Å²) in [6.45, 7) is 8.70. The first-order chi connectivity index (χ1) is 8.66. The zero-order valence-corrected chi connectivity index (χ0v) is 11.4. The molecule has 2 rings (SSSR count). The maximum absolute atomic E-state index is 10.3. The Balaban J connectivity index is 1.88. The zero-order valence-electron chi connectivity index (χ0n) is 11.4. The van der Waals surface area contributed by atoms with Crippen LogP contribution in [0.4, 0.5) is 0 Å². The fraction of sp³-hybridized carbons (Fsp3) is 0.600. The van der Waals surface area contributed by atoms with Crippen LogP contribution in [0.1, 0.15) is 29.2 Å².